The maximum atomic E-state index is 13.3. The zero-order valence-electron chi connectivity index (χ0n) is 22.6. The van der Waals surface area contributed by atoms with Crippen molar-refractivity contribution in [1.82, 2.24) is 10.2 Å². The van der Waals surface area contributed by atoms with Crippen molar-refractivity contribution in [2.24, 2.45) is 0 Å². The normalized spacial score (nSPS) is 13.1. The van der Waals surface area contributed by atoms with Crippen LogP contribution in [0.3, 0.4) is 0 Å². The highest BCUT2D eigenvalue weighted by atomic mass is 32.2. The van der Waals surface area contributed by atoms with Gasteiger partial charge >= 0.3 is 6.18 Å². The minimum Gasteiger partial charge on any atom is -0.350 e. The largest absolute Gasteiger partial charge is 0.416 e. The molecule has 0 aliphatic rings. The molecular formula is C27H36F3N3O4S. The SMILES string of the molecule is Cc1ccc(CN(C(=O)CCCN(c2cccc(C(F)(F)F)c2)S(C)(=O)=O)C(C)C(=O)NC(C)(C)C)cc1. The molecule has 0 saturated heterocycles. The van der Waals surface area contributed by atoms with Gasteiger partial charge in [0.05, 0.1) is 17.5 Å². The molecule has 11 heteroatoms. The molecule has 0 radical (unpaired) electrons. The fraction of sp³-hybridized carbons (Fsp3) is 0.481. The molecule has 2 rings (SSSR count). The van der Waals surface area contributed by atoms with E-state index in [4.69, 9.17) is 0 Å². The number of rotatable bonds is 10. The minimum absolute atomic E-state index is 0.0418. The molecule has 1 unspecified atom stereocenters. The highest BCUT2D eigenvalue weighted by molar-refractivity contribution is 7.92. The summed E-state index contributed by atoms with van der Waals surface area (Å²) in [5.74, 6) is -0.709. The number of alkyl halides is 3. The lowest BCUT2D eigenvalue weighted by Crippen LogP contribution is -2.52. The van der Waals surface area contributed by atoms with Gasteiger partial charge in [0.15, 0.2) is 0 Å². The Morgan fingerprint density at radius 1 is 1.03 bits per heavy atom. The second-order valence-electron chi connectivity index (χ2n) is 10.4. The van der Waals surface area contributed by atoms with Crippen LogP contribution in [0.4, 0.5) is 18.9 Å². The van der Waals surface area contributed by atoms with E-state index in [-0.39, 0.29) is 43.4 Å². The summed E-state index contributed by atoms with van der Waals surface area (Å²) in [7, 11) is -3.92. The van der Waals surface area contributed by atoms with E-state index < -0.39 is 33.3 Å². The number of hydrogen-bond donors (Lipinski definition) is 1. The summed E-state index contributed by atoms with van der Waals surface area (Å²) in [5, 5.41) is 2.87. The molecule has 0 aliphatic carbocycles. The first-order valence-corrected chi connectivity index (χ1v) is 14.1. The van der Waals surface area contributed by atoms with Crippen LogP contribution >= 0.6 is 0 Å². The number of nitrogens with zero attached hydrogens (tertiary/aromatic N) is 2. The lowest BCUT2D eigenvalue weighted by molar-refractivity contribution is -0.141. The van der Waals surface area contributed by atoms with Crippen molar-refractivity contribution in [2.45, 2.75) is 71.8 Å². The smallest absolute Gasteiger partial charge is 0.350 e. The average molecular weight is 556 g/mol. The quantitative estimate of drug-likeness (QED) is 0.452. The Balaban J connectivity index is 2.23. The van der Waals surface area contributed by atoms with E-state index in [1.165, 1.54) is 11.0 Å². The molecule has 0 aromatic heterocycles. The molecule has 0 bridgehead atoms. The molecule has 0 aliphatic heterocycles. The molecule has 1 atom stereocenters. The van der Waals surface area contributed by atoms with E-state index in [0.29, 0.717) is 0 Å². The van der Waals surface area contributed by atoms with Crippen molar-refractivity contribution in [3.8, 4) is 0 Å². The summed E-state index contributed by atoms with van der Waals surface area (Å²) in [6.07, 6.45) is -3.79. The third-order valence-electron chi connectivity index (χ3n) is 5.75. The second-order valence-corrected chi connectivity index (χ2v) is 12.3. The van der Waals surface area contributed by atoms with Gasteiger partial charge in [-0.25, -0.2) is 8.42 Å². The summed E-state index contributed by atoms with van der Waals surface area (Å²) >= 11 is 0. The predicted octanol–water partition coefficient (Wildman–Crippen LogP) is 4.89. The average Bonchev–Trinajstić information content (AvgIpc) is 2.78. The Bertz CT molecular complexity index is 1220. The number of benzene rings is 2. The number of nitrogens with one attached hydrogen (secondary N) is 1. The molecule has 1 N–H and O–H groups in total. The molecule has 0 saturated carbocycles. The van der Waals surface area contributed by atoms with Crippen LogP contribution in [-0.4, -0.2) is 49.5 Å². The van der Waals surface area contributed by atoms with Crippen LogP contribution in [0.15, 0.2) is 48.5 Å². The molecule has 2 aromatic rings. The van der Waals surface area contributed by atoms with Gasteiger partial charge in [0.1, 0.15) is 6.04 Å². The molecule has 2 amide bonds. The molecular weight excluding hydrogens is 519 g/mol. The molecule has 0 heterocycles. The maximum Gasteiger partial charge on any atom is 0.416 e. The first-order chi connectivity index (χ1) is 17.4. The molecule has 7 nitrogen and oxygen atoms in total. The van der Waals surface area contributed by atoms with Gasteiger partial charge in [0, 0.05) is 25.0 Å². The number of aryl methyl sites for hydroxylation is 1. The van der Waals surface area contributed by atoms with Crippen molar-refractivity contribution >= 4 is 27.5 Å². The summed E-state index contributed by atoms with van der Waals surface area (Å²) in [5.41, 5.74) is 0.249. The molecule has 38 heavy (non-hydrogen) atoms. The monoisotopic (exact) mass is 555 g/mol. The third kappa shape index (κ3) is 9.34. The van der Waals surface area contributed by atoms with Crippen LogP contribution in [0.5, 0.6) is 0 Å². The van der Waals surface area contributed by atoms with Gasteiger partial charge in [-0.2, -0.15) is 13.2 Å². The van der Waals surface area contributed by atoms with E-state index in [0.717, 1.165) is 39.9 Å². The summed E-state index contributed by atoms with van der Waals surface area (Å²) in [4.78, 5) is 27.6. The van der Waals surface area contributed by atoms with Crippen LogP contribution in [0.25, 0.3) is 0 Å². The van der Waals surface area contributed by atoms with Gasteiger partial charge in [0.25, 0.3) is 0 Å². The number of anilines is 1. The first-order valence-electron chi connectivity index (χ1n) is 12.2. The minimum atomic E-state index is -4.63. The number of carbonyl (C=O) groups is 2. The second kappa shape index (κ2) is 12.2. The van der Waals surface area contributed by atoms with Gasteiger partial charge in [-0.1, -0.05) is 35.9 Å². The van der Waals surface area contributed by atoms with Crippen LogP contribution in [0, 0.1) is 6.92 Å². The number of carbonyl (C=O) groups excluding carboxylic acids is 2. The Hall–Kier alpha value is -3.08. The van der Waals surface area contributed by atoms with Gasteiger partial charge in [-0.05, 0) is 64.8 Å². The van der Waals surface area contributed by atoms with E-state index in [1.54, 1.807) is 6.92 Å². The van der Waals surface area contributed by atoms with Crippen LogP contribution in [0.2, 0.25) is 0 Å². The van der Waals surface area contributed by atoms with Gasteiger partial charge in [-0.3, -0.25) is 13.9 Å². The molecule has 210 valence electrons. The van der Waals surface area contributed by atoms with E-state index in [1.807, 2.05) is 52.0 Å². The summed E-state index contributed by atoms with van der Waals surface area (Å²) in [6, 6.07) is 10.8. The number of hydrogen-bond acceptors (Lipinski definition) is 4. The topological polar surface area (TPSA) is 86.8 Å². The highest BCUT2D eigenvalue weighted by Crippen LogP contribution is 2.32. The Kier molecular flexibility index (Phi) is 9.99. The third-order valence-corrected chi connectivity index (χ3v) is 6.95. The zero-order valence-corrected chi connectivity index (χ0v) is 23.4. The number of amides is 2. The van der Waals surface area contributed by atoms with E-state index in [2.05, 4.69) is 5.32 Å². The lowest BCUT2D eigenvalue weighted by Gasteiger charge is -2.32. The van der Waals surface area contributed by atoms with Gasteiger partial charge < -0.3 is 10.2 Å². The fourth-order valence-corrected chi connectivity index (χ4v) is 4.75. The van der Waals surface area contributed by atoms with E-state index >= 15 is 0 Å². The van der Waals surface area contributed by atoms with Crippen LogP contribution in [-0.2, 0) is 32.3 Å². The standard InChI is InChI=1S/C27H36F3N3O4S/c1-19-12-14-21(15-13-19)18-32(20(2)25(35)31-26(3,4)5)24(34)11-8-16-33(38(6,36)37)23-10-7-9-22(17-23)27(28,29)30/h7,9-10,12-15,17,20H,8,11,16,18H2,1-6H3,(H,31,35). The fourth-order valence-electron chi connectivity index (χ4n) is 3.79. The summed E-state index contributed by atoms with van der Waals surface area (Å²) in [6.45, 7) is 9.02. The highest BCUT2D eigenvalue weighted by Gasteiger charge is 2.32. The lowest BCUT2D eigenvalue weighted by atomic mass is 10.1. The number of halogens is 3. The Morgan fingerprint density at radius 3 is 2.16 bits per heavy atom. The molecule has 0 spiro atoms. The zero-order chi connectivity index (χ0) is 28.9. The van der Waals surface area contributed by atoms with Gasteiger partial charge in [-0.15, -0.1) is 0 Å². The van der Waals surface area contributed by atoms with Gasteiger partial charge in [0.2, 0.25) is 21.8 Å². The summed E-state index contributed by atoms with van der Waals surface area (Å²) < 4.78 is 65.2. The Labute approximate surface area is 223 Å². The van der Waals surface area contributed by atoms with Crippen LogP contribution < -0.4 is 9.62 Å². The van der Waals surface area contributed by atoms with Crippen molar-refractivity contribution in [3.05, 3.63) is 65.2 Å². The Morgan fingerprint density at radius 2 is 1.63 bits per heavy atom. The molecule has 2 aromatic carbocycles. The van der Waals surface area contributed by atoms with E-state index in [9.17, 15) is 31.2 Å². The maximum absolute atomic E-state index is 13.3. The predicted molar refractivity (Wildman–Crippen MR) is 142 cm³/mol. The van der Waals surface area contributed by atoms with Crippen molar-refractivity contribution in [1.29, 1.82) is 0 Å². The van der Waals surface area contributed by atoms with Crippen molar-refractivity contribution in [2.75, 3.05) is 17.1 Å². The van der Waals surface area contributed by atoms with Crippen molar-refractivity contribution in [3.63, 3.8) is 0 Å². The van der Waals surface area contributed by atoms with Crippen LogP contribution in [0.1, 0.15) is 57.2 Å². The molecule has 0 fully saturated rings. The first kappa shape index (κ1) is 31.1. The van der Waals surface area contributed by atoms with Crippen molar-refractivity contribution < 1.29 is 31.2 Å². The number of sulfonamides is 1.